The van der Waals surface area contributed by atoms with Gasteiger partial charge in [0.05, 0.1) is 0 Å². The third-order valence-electron chi connectivity index (χ3n) is 2.38. The van der Waals surface area contributed by atoms with Crippen LogP contribution >= 0.6 is 28.1 Å². The van der Waals surface area contributed by atoms with E-state index in [-0.39, 0.29) is 5.91 Å². The summed E-state index contributed by atoms with van der Waals surface area (Å²) in [5.41, 5.74) is 0.600. The van der Waals surface area contributed by atoms with E-state index in [1.54, 1.807) is 12.1 Å². The fraction of sp³-hybridized carbons (Fsp3) is 0.333. The Hall–Kier alpha value is -0.940. The maximum absolute atomic E-state index is 11.9. The second-order valence-corrected chi connectivity index (χ2v) is 4.74. The number of benzene rings is 1. The number of carbonyl (C=O) groups excluding carboxylic acids is 1. The van der Waals surface area contributed by atoms with E-state index in [2.05, 4.69) is 21.2 Å². The molecule has 1 aromatic carbocycles. The van der Waals surface area contributed by atoms with Crippen molar-refractivity contribution in [2.45, 2.75) is 13.8 Å². The van der Waals surface area contributed by atoms with Gasteiger partial charge >= 0.3 is 0 Å². The molecule has 5 heteroatoms. The second-order valence-electron chi connectivity index (χ2n) is 3.44. The Kier molecular flexibility index (Phi) is 5.58. The fourth-order valence-corrected chi connectivity index (χ4v) is 1.98. The molecule has 1 rings (SSSR count). The summed E-state index contributed by atoms with van der Waals surface area (Å²) in [4.78, 5) is 13.8. The van der Waals surface area contributed by atoms with Gasteiger partial charge in [-0.1, -0.05) is 15.9 Å². The van der Waals surface area contributed by atoms with Crippen molar-refractivity contribution in [3.05, 3.63) is 34.3 Å². The maximum Gasteiger partial charge on any atom is 0.257 e. The van der Waals surface area contributed by atoms with Gasteiger partial charge in [0.15, 0.2) is 5.11 Å². The second kappa shape index (κ2) is 6.71. The first-order valence-electron chi connectivity index (χ1n) is 5.44. The molecule has 0 radical (unpaired) electrons. The summed E-state index contributed by atoms with van der Waals surface area (Å²) in [7, 11) is 0. The number of thiocarbonyl (C=S) groups is 1. The van der Waals surface area contributed by atoms with Gasteiger partial charge in [0, 0.05) is 23.1 Å². The molecule has 0 unspecified atom stereocenters. The minimum absolute atomic E-state index is 0.172. The molecule has 0 atom stereocenters. The van der Waals surface area contributed by atoms with Crippen LogP contribution in [0.15, 0.2) is 28.7 Å². The Morgan fingerprint density at radius 1 is 1.29 bits per heavy atom. The van der Waals surface area contributed by atoms with Gasteiger partial charge in [-0.15, -0.1) is 0 Å². The van der Waals surface area contributed by atoms with E-state index in [9.17, 15) is 4.79 Å². The van der Waals surface area contributed by atoms with E-state index in [1.165, 1.54) is 0 Å². The summed E-state index contributed by atoms with van der Waals surface area (Å²) in [6, 6.07) is 7.17. The molecular formula is C12H15BrN2OS. The average molecular weight is 315 g/mol. The van der Waals surface area contributed by atoms with E-state index in [1.807, 2.05) is 30.9 Å². The maximum atomic E-state index is 11.9. The number of hydrogen-bond donors (Lipinski definition) is 1. The van der Waals surface area contributed by atoms with Gasteiger partial charge in [0.25, 0.3) is 5.91 Å². The van der Waals surface area contributed by atoms with Crippen molar-refractivity contribution >= 4 is 39.2 Å². The molecule has 3 nitrogen and oxygen atoms in total. The molecule has 0 fully saturated rings. The molecule has 0 spiro atoms. The van der Waals surface area contributed by atoms with Crippen molar-refractivity contribution in [2.75, 3.05) is 13.1 Å². The summed E-state index contributed by atoms with van der Waals surface area (Å²) in [5, 5.41) is 3.20. The molecule has 0 bridgehead atoms. The normalized spacial score (nSPS) is 9.82. The highest BCUT2D eigenvalue weighted by Gasteiger charge is 2.10. The number of carbonyl (C=O) groups is 1. The Morgan fingerprint density at radius 3 is 2.29 bits per heavy atom. The summed E-state index contributed by atoms with van der Waals surface area (Å²) < 4.78 is 0.945. The van der Waals surface area contributed by atoms with Crippen molar-refractivity contribution in [3.63, 3.8) is 0 Å². The van der Waals surface area contributed by atoms with Crippen LogP contribution in [0, 0.1) is 0 Å². The smallest absolute Gasteiger partial charge is 0.257 e. The zero-order chi connectivity index (χ0) is 12.8. The highest BCUT2D eigenvalue weighted by molar-refractivity contribution is 9.10. The van der Waals surface area contributed by atoms with Gasteiger partial charge in [-0.2, -0.15) is 0 Å². The molecule has 0 aliphatic rings. The zero-order valence-electron chi connectivity index (χ0n) is 9.87. The van der Waals surface area contributed by atoms with Crippen molar-refractivity contribution in [3.8, 4) is 0 Å². The molecule has 92 valence electrons. The number of amides is 1. The lowest BCUT2D eigenvalue weighted by molar-refractivity contribution is 0.0973. The van der Waals surface area contributed by atoms with Crippen molar-refractivity contribution < 1.29 is 4.79 Å². The largest absolute Gasteiger partial charge is 0.350 e. The first-order valence-corrected chi connectivity index (χ1v) is 6.64. The Bertz CT molecular complexity index is 401. The number of hydrogen-bond acceptors (Lipinski definition) is 2. The molecule has 0 heterocycles. The van der Waals surface area contributed by atoms with E-state index < -0.39 is 0 Å². The van der Waals surface area contributed by atoms with Gasteiger partial charge in [-0.25, -0.2) is 0 Å². The van der Waals surface area contributed by atoms with Gasteiger partial charge in [-0.3, -0.25) is 10.1 Å². The van der Waals surface area contributed by atoms with Gasteiger partial charge in [0.1, 0.15) is 0 Å². The monoisotopic (exact) mass is 314 g/mol. The van der Waals surface area contributed by atoms with E-state index in [4.69, 9.17) is 12.2 Å². The van der Waals surface area contributed by atoms with Gasteiger partial charge < -0.3 is 4.90 Å². The predicted octanol–water partition coefficient (Wildman–Crippen LogP) is 2.81. The van der Waals surface area contributed by atoms with Crippen molar-refractivity contribution in [2.24, 2.45) is 0 Å². The topological polar surface area (TPSA) is 32.3 Å². The molecule has 17 heavy (non-hydrogen) atoms. The summed E-state index contributed by atoms with van der Waals surface area (Å²) in [6.07, 6.45) is 0. The first kappa shape index (κ1) is 14.1. The van der Waals surface area contributed by atoms with E-state index >= 15 is 0 Å². The Balaban J connectivity index is 2.66. The van der Waals surface area contributed by atoms with E-state index in [0.29, 0.717) is 10.7 Å². The lowest BCUT2D eigenvalue weighted by Gasteiger charge is -2.21. The molecule has 1 aromatic rings. The van der Waals surface area contributed by atoms with Crippen LogP contribution in [0.3, 0.4) is 0 Å². The molecular weight excluding hydrogens is 300 g/mol. The minimum Gasteiger partial charge on any atom is -0.350 e. The summed E-state index contributed by atoms with van der Waals surface area (Å²) in [6.45, 7) is 5.58. The van der Waals surface area contributed by atoms with Crippen LogP contribution in [0.5, 0.6) is 0 Å². The molecule has 1 N–H and O–H groups in total. The van der Waals surface area contributed by atoms with Gasteiger partial charge in [0.2, 0.25) is 0 Å². The average Bonchev–Trinajstić information content (AvgIpc) is 2.31. The molecule has 0 aromatic heterocycles. The van der Waals surface area contributed by atoms with Crippen LogP contribution in [-0.4, -0.2) is 29.0 Å². The lowest BCUT2D eigenvalue weighted by Crippen LogP contribution is -2.42. The quantitative estimate of drug-likeness (QED) is 0.871. The zero-order valence-corrected chi connectivity index (χ0v) is 12.3. The van der Waals surface area contributed by atoms with Crippen LogP contribution < -0.4 is 5.32 Å². The van der Waals surface area contributed by atoms with Crippen molar-refractivity contribution in [1.29, 1.82) is 0 Å². The molecule has 0 saturated carbocycles. The standard InChI is InChI=1S/C12H15BrN2OS/c1-3-15(4-2)12(17)14-11(16)9-5-7-10(13)8-6-9/h5-8H,3-4H2,1-2H3,(H,14,16,17). The van der Waals surface area contributed by atoms with Crippen molar-refractivity contribution in [1.82, 2.24) is 10.2 Å². The predicted molar refractivity (Wildman–Crippen MR) is 77.1 cm³/mol. The number of nitrogens with one attached hydrogen (secondary N) is 1. The van der Waals surface area contributed by atoms with Crippen LogP contribution in [0.4, 0.5) is 0 Å². The van der Waals surface area contributed by atoms with Gasteiger partial charge in [-0.05, 0) is 50.3 Å². The number of halogens is 1. The lowest BCUT2D eigenvalue weighted by atomic mass is 10.2. The third kappa shape index (κ3) is 4.09. The number of nitrogens with zero attached hydrogens (tertiary/aromatic N) is 1. The highest BCUT2D eigenvalue weighted by atomic mass is 79.9. The van der Waals surface area contributed by atoms with E-state index in [0.717, 1.165) is 17.6 Å². The SMILES string of the molecule is CCN(CC)C(=S)NC(=O)c1ccc(Br)cc1. The Morgan fingerprint density at radius 2 is 1.82 bits per heavy atom. The summed E-state index contributed by atoms with van der Waals surface area (Å²) >= 11 is 8.49. The minimum atomic E-state index is -0.172. The molecule has 0 saturated heterocycles. The highest BCUT2D eigenvalue weighted by Crippen LogP contribution is 2.10. The molecule has 0 aliphatic carbocycles. The third-order valence-corrected chi connectivity index (χ3v) is 3.27. The molecule has 0 aliphatic heterocycles. The number of rotatable bonds is 3. The Labute approximate surface area is 115 Å². The van der Waals surface area contributed by atoms with Crippen LogP contribution in [0.25, 0.3) is 0 Å². The van der Waals surface area contributed by atoms with Crippen LogP contribution in [0.1, 0.15) is 24.2 Å². The fourth-order valence-electron chi connectivity index (χ4n) is 1.36. The van der Waals surface area contributed by atoms with Crippen LogP contribution in [-0.2, 0) is 0 Å². The summed E-state index contributed by atoms with van der Waals surface area (Å²) in [5.74, 6) is -0.172. The first-order chi connectivity index (χ1) is 8.08. The van der Waals surface area contributed by atoms with Crippen LogP contribution in [0.2, 0.25) is 0 Å². The molecule has 1 amide bonds.